The molecular weight excluding hydrogens is 420 g/mol. The van der Waals surface area contributed by atoms with Gasteiger partial charge < -0.3 is 25.0 Å². The quantitative estimate of drug-likeness (QED) is 0.489. The van der Waals surface area contributed by atoms with E-state index in [1.54, 1.807) is 25.3 Å². The number of hydrogen-bond donors (Lipinski definition) is 2. The topological polar surface area (TPSA) is 118 Å². The molecule has 9 heteroatoms. The van der Waals surface area contributed by atoms with Gasteiger partial charge in [-0.2, -0.15) is 0 Å². The maximum Gasteiger partial charge on any atom is 0.222 e. The van der Waals surface area contributed by atoms with Crippen LogP contribution < -0.4 is 15.4 Å². The van der Waals surface area contributed by atoms with Gasteiger partial charge in [0.2, 0.25) is 5.91 Å². The number of methoxy groups -OCH3 is 1. The predicted molar refractivity (Wildman–Crippen MR) is 127 cm³/mol. The largest absolute Gasteiger partial charge is 0.488 e. The average molecular weight is 453 g/mol. The van der Waals surface area contributed by atoms with Crippen LogP contribution in [0.1, 0.15) is 37.4 Å². The van der Waals surface area contributed by atoms with Crippen molar-refractivity contribution in [2.24, 2.45) is 5.41 Å². The molecule has 1 atom stereocenters. The van der Waals surface area contributed by atoms with Crippen LogP contribution in [0.15, 0.2) is 30.6 Å². The number of ether oxygens (including phenoxy) is 2. The van der Waals surface area contributed by atoms with E-state index in [-0.39, 0.29) is 23.1 Å². The van der Waals surface area contributed by atoms with Crippen molar-refractivity contribution in [1.29, 1.82) is 5.41 Å². The zero-order chi connectivity index (χ0) is 23.6. The number of rotatable bonds is 7. The number of carbonyl (C=O) groups is 1. The zero-order valence-electron chi connectivity index (χ0n) is 19.5. The molecule has 0 aliphatic carbocycles. The Bertz CT molecular complexity index is 1030. The molecule has 4 rings (SSSR count). The Kier molecular flexibility index (Phi) is 6.51. The Balaban J connectivity index is 1.48. The molecule has 0 saturated carbocycles. The highest BCUT2D eigenvalue weighted by molar-refractivity contribution is 6.13. The van der Waals surface area contributed by atoms with Crippen LogP contribution in [0.3, 0.4) is 0 Å². The van der Waals surface area contributed by atoms with Gasteiger partial charge in [0.1, 0.15) is 24.0 Å². The van der Waals surface area contributed by atoms with Gasteiger partial charge in [-0.05, 0) is 38.0 Å². The fourth-order valence-corrected chi connectivity index (χ4v) is 4.77. The minimum Gasteiger partial charge on any atom is -0.488 e. The van der Waals surface area contributed by atoms with Gasteiger partial charge in [-0.1, -0.05) is 0 Å². The summed E-state index contributed by atoms with van der Waals surface area (Å²) in [6.45, 7) is 4.87. The fourth-order valence-electron chi connectivity index (χ4n) is 4.77. The van der Waals surface area contributed by atoms with E-state index in [4.69, 9.17) is 20.6 Å². The van der Waals surface area contributed by atoms with E-state index in [2.05, 4.69) is 14.9 Å². The van der Waals surface area contributed by atoms with E-state index in [0.29, 0.717) is 35.7 Å². The van der Waals surface area contributed by atoms with Gasteiger partial charge in [-0.3, -0.25) is 10.2 Å². The van der Waals surface area contributed by atoms with Crippen molar-refractivity contribution in [2.45, 2.75) is 32.3 Å². The third-order valence-corrected chi connectivity index (χ3v) is 6.61. The van der Waals surface area contributed by atoms with Crippen LogP contribution >= 0.6 is 0 Å². The summed E-state index contributed by atoms with van der Waals surface area (Å²) in [7, 11) is 3.51. The number of anilines is 2. The highest BCUT2D eigenvalue weighted by Gasteiger charge is 2.43. The summed E-state index contributed by atoms with van der Waals surface area (Å²) in [5.74, 6) is 1.65. The normalized spacial score (nSPS) is 18.6. The molecule has 3 heterocycles. The molecule has 2 aliphatic heterocycles. The summed E-state index contributed by atoms with van der Waals surface area (Å²) in [6, 6.07) is 7.14. The van der Waals surface area contributed by atoms with Crippen molar-refractivity contribution >= 4 is 23.1 Å². The van der Waals surface area contributed by atoms with Gasteiger partial charge in [0.05, 0.1) is 18.0 Å². The van der Waals surface area contributed by atoms with Crippen molar-refractivity contribution in [3.8, 4) is 5.75 Å². The fraction of sp³-hybridized carbons (Fsp3) is 0.500. The molecule has 1 amide bonds. The van der Waals surface area contributed by atoms with Gasteiger partial charge >= 0.3 is 0 Å². The Hall–Kier alpha value is -3.20. The molecule has 2 aromatic rings. The summed E-state index contributed by atoms with van der Waals surface area (Å²) in [4.78, 5) is 24.9. The molecule has 0 bridgehead atoms. The number of nitrogens with two attached hydrogens (primary N) is 1. The van der Waals surface area contributed by atoms with Crippen molar-refractivity contribution in [3.05, 3.63) is 41.9 Å². The number of nitrogen functional groups attached to an aromatic ring is 1. The molecule has 1 unspecified atom stereocenters. The Morgan fingerprint density at radius 1 is 1.27 bits per heavy atom. The van der Waals surface area contributed by atoms with E-state index in [9.17, 15) is 4.79 Å². The smallest absolute Gasteiger partial charge is 0.222 e. The lowest BCUT2D eigenvalue weighted by atomic mass is 9.77. The second-order valence-electron chi connectivity index (χ2n) is 9.18. The first-order chi connectivity index (χ1) is 15.8. The van der Waals surface area contributed by atoms with Crippen LogP contribution in [0.2, 0.25) is 0 Å². The summed E-state index contributed by atoms with van der Waals surface area (Å²) >= 11 is 0. The molecule has 2 fully saturated rings. The van der Waals surface area contributed by atoms with E-state index >= 15 is 0 Å². The van der Waals surface area contributed by atoms with Crippen molar-refractivity contribution < 1.29 is 14.3 Å². The summed E-state index contributed by atoms with van der Waals surface area (Å²) in [5.41, 5.74) is 8.04. The Morgan fingerprint density at radius 3 is 2.70 bits per heavy atom. The summed E-state index contributed by atoms with van der Waals surface area (Å²) in [6.07, 6.45) is 3.91. The highest BCUT2D eigenvalue weighted by Crippen LogP contribution is 2.41. The number of benzene rings is 1. The van der Waals surface area contributed by atoms with Gasteiger partial charge in [0, 0.05) is 62.9 Å². The monoisotopic (exact) mass is 452 g/mol. The Labute approximate surface area is 194 Å². The molecule has 2 saturated heterocycles. The van der Waals surface area contributed by atoms with Gasteiger partial charge in [0.25, 0.3) is 0 Å². The van der Waals surface area contributed by atoms with Crippen molar-refractivity contribution in [2.75, 3.05) is 51.0 Å². The lowest BCUT2D eigenvalue weighted by molar-refractivity contribution is -0.126. The number of likely N-dealkylation sites (tertiary alicyclic amines) is 1. The molecule has 1 aromatic heterocycles. The van der Waals surface area contributed by atoms with Crippen LogP contribution in [0.4, 0.5) is 11.5 Å². The number of carbonyl (C=O) groups excluding carboxylic acids is 1. The van der Waals surface area contributed by atoms with Gasteiger partial charge in [-0.15, -0.1) is 0 Å². The first kappa shape index (κ1) is 23.0. The number of aromatic nitrogens is 2. The van der Waals surface area contributed by atoms with E-state index in [1.165, 1.54) is 6.33 Å². The maximum absolute atomic E-state index is 12.0. The predicted octanol–water partition coefficient (Wildman–Crippen LogP) is 2.34. The second-order valence-corrected chi connectivity index (χ2v) is 9.18. The van der Waals surface area contributed by atoms with E-state index in [1.807, 2.05) is 24.9 Å². The van der Waals surface area contributed by atoms with Crippen molar-refractivity contribution in [3.63, 3.8) is 0 Å². The number of piperidine rings is 1. The van der Waals surface area contributed by atoms with E-state index < -0.39 is 0 Å². The second kappa shape index (κ2) is 9.35. The molecule has 3 N–H and O–H groups in total. The molecule has 176 valence electrons. The molecule has 2 aliphatic rings. The third kappa shape index (κ3) is 4.93. The van der Waals surface area contributed by atoms with Crippen LogP contribution in [0.5, 0.6) is 5.75 Å². The zero-order valence-corrected chi connectivity index (χ0v) is 19.5. The van der Waals surface area contributed by atoms with Crippen LogP contribution in [-0.4, -0.2) is 73.0 Å². The molecule has 1 aromatic carbocycles. The lowest BCUT2D eigenvalue weighted by Crippen LogP contribution is -2.41. The standard InChI is InChI=1S/C24H32N6O3/c1-16(13-32-3)33-17-4-5-19(25)18(10-17)23(26)20-11-21(28-15-27-20)30-8-6-24(7-9-30)12-22(31)29(2)14-24/h4-5,10-11,15-16,26H,6-9,12-14,25H2,1-3H3. The van der Waals surface area contributed by atoms with Gasteiger partial charge in [-0.25, -0.2) is 9.97 Å². The first-order valence-electron chi connectivity index (χ1n) is 11.3. The molecule has 33 heavy (non-hydrogen) atoms. The molecule has 9 nitrogen and oxygen atoms in total. The average Bonchev–Trinajstić information content (AvgIpc) is 3.08. The number of amides is 1. The SMILES string of the molecule is COCC(C)Oc1ccc(N)c(C(=N)c2cc(N3CCC4(CC3)CC(=O)N(C)C4)ncn2)c1. The molecule has 1 spiro atoms. The van der Waals surface area contributed by atoms with Crippen molar-refractivity contribution in [1.82, 2.24) is 14.9 Å². The maximum atomic E-state index is 12.0. The molecule has 0 radical (unpaired) electrons. The summed E-state index contributed by atoms with van der Waals surface area (Å²) in [5, 5.41) is 8.75. The first-order valence-corrected chi connectivity index (χ1v) is 11.3. The number of nitrogens with zero attached hydrogens (tertiary/aromatic N) is 4. The molecular formula is C24H32N6O3. The van der Waals surface area contributed by atoms with Gasteiger partial charge in [0.15, 0.2) is 0 Å². The highest BCUT2D eigenvalue weighted by atomic mass is 16.5. The minimum absolute atomic E-state index is 0.0831. The van der Waals surface area contributed by atoms with Crippen LogP contribution in [-0.2, 0) is 9.53 Å². The van der Waals surface area contributed by atoms with Crippen LogP contribution in [0, 0.1) is 10.8 Å². The van der Waals surface area contributed by atoms with E-state index in [0.717, 1.165) is 38.3 Å². The third-order valence-electron chi connectivity index (χ3n) is 6.61. The van der Waals surface area contributed by atoms with Crippen LogP contribution in [0.25, 0.3) is 0 Å². The number of hydrogen-bond acceptors (Lipinski definition) is 8. The Morgan fingerprint density at radius 2 is 2.03 bits per heavy atom. The summed E-state index contributed by atoms with van der Waals surface area (Å²) < 4.78 is 11.0. The number of nitrogens with one attached hydrogen (secondary N) is 1. The minimum atomic E-state index is -0.122. The lowest BCUT2D eigenvalue weighted by Gasteiger charge is -2.39.